The van der Waals surface area contributed by atoms with Crippen LogP contribution in [0.15, 0.2) is 48.7 Å². The van der Waals surface area contributed by atoms with Gasteiger partial charge in [-0.05, 0) is 36.4 Å². The maximum Gasteiger partial charge on any atom is 0.254 e. The highest BCUT2D eigenvalue weighted by molar-refractivity contribution is 6.33. The number of aromatic nitrogens is 2. The molecule has 1 aliphatic rings. The molecule has 0 radical (unpaired) electrons. The highest BCUT2D eigenvalue weighted by Gasteiger charge is 2.27. The topological polar surface area (TPSA) is 117 Å². The molecule has 10 heteroatoms. The molecule has 0 fully saturated rings. The monoisotopic (exact) mass is 527 g/mol. The highest BCUT2D eigenvalue weighted by Crippen LogP contribution is 2.31. The van der Waals surface area contributed by atoms with E-state index in [4.69, 9.17) is 21.4 Å². The molecule has 1 amide bonds. The molecule has 0 bridgehead atoms. The van der Waals surface area contributed by atoms with Gasteiger partial charge in [0.1, 0.15) is 12.0 Å². The van der Waals surface area contributed by atoms with Gasteiger partial charge in [-0.15, -0.1) is 0 Å². The SMILES string of the molecule is CC.CNCc1cccc(OC)c1.O=CCN1Cc2ccc(-c3nc(NCCO)ncc3Cl)cc2C1=O. The van der Waals surface area contributed by atoms with Crippen molar-refractivity contribution in [1.29, 1.82) is 0 Å². The molecule has 198 valence electrons. The number of hydrogen-bond acceptors (Lipinski definition) is 8. The van der Waals surface area contributed by atoms with Gasteiger partial charge < -0.3 is 30.2 Å². The lowest BCUT2D eigenvalue weighted by molar-refractivity contribution is -0.108. The number of aldehydes is 1. The maximum atomic E-state index is 12.3. The number of amides is 1. The third-order valence-corrected chi connectivity index (χ3v) is 5.49. The summed E-state index contributed by atoms with van der Waals surface area (Å²) in [5.41, 5.74) is 3.85. The van der Waals surface area contributed by atoms with E-state index in [1.54, 1.807) is 13.2 Å². The third-order valence-electron chi connectivity index (χ3n) is 5.21. The number of anilines is 1. The summed E-state index contributed by atoms with van der Waals surface area (Å²) < 4.78 is 5.07. The van der Waals surface area contributed by atoms with Crippen LogP contribution in [-0.4, -0.2) is 66.0 Å². The fourth-order valence-electron chi connectivity index (χ4n) is 3.55. The number of nitrogens with zero attached hydrogens (tertiary/aromatic N) is 3. The van der Waals surface area contributed by atoms with Crippen LogP contribution in [0.4, 0.5) is 5.95 Å². The molecule has 1 aromatic heterocycles. The van der Waals surface area contributed by atoms with Gasteiger partial charge in [-0.3, -0.25) is 4.79 Å². The van der Waals surface area contributed by atoms with E-state index in [1.165, 1.54) is 16.7 Å². The molecule has 0 unspecified atom stereocenters. The predicted octanol–water partition coefficient (Wildman–Crippen LogP) is 3.80. The van der Waals surface area contributed by atoms with Crippen molar-refractivity contribution in [2.24, 2.45) is 0 Å². The molecule has 3 aromatic rings. The zero-order valence-corrected chi connectivity index (χ0v) is 22.4. The molecular formula is C27H34ClN5O4. The smallest absolute Gasteiger partial charge is 0.254 e. The average Bonchev–Trinajstić information content (AvgIpc) is 3.24. The minimum absolute atomic E-state index is 0.0404. The van der Waals surface area contributed by atoms with Crippen molar-refractivity contribution in [3.63, 3.8) is 0 Å². The fraction of sp³-hybridized carbons (Fsp3) is 0.333. The fourth-order valence-corrected chi connectivity index (χ4v) is 3.76. The second-order valence-corrected chi connectivity index (χ2v) is 8.05. The average molecular weight is 528 g/mol. The second-order valence-electron chi connectivity index (χ2n) is 7.65. The number of carbonyl (C=O) groups excluding carboxylic acids is 2. The first-order valence-electron chi connectivity index (χ1n) is 12.0. The van der Waals surface area contributed by atoms with Gasteiger partial charge in [0.25, 0.3) is 5.91 Å². The van der Waals surface area contributed by atoms with Crippen molar-refractivity contribution in [3.05, 3.63) is 70.4 Å². The quantitative estimate of drug-likeness (QED) is 0.360. The maximum absolute atomic E-state index is 12.3. The summed E-state index contributed by atoms with van der Waals surface area (Å²) in [5, 5.41) is 15.2. The Hall–Kier alpha value is -3.53. The summed E-state index contributed by atoms with van der Waals surface area (Å²) in [5.74, 6) is 1.08. The number of rotatable bonds is 9. The number of halogens is 1. The van der Waals surface area contributed by atoms with Crippen molar-refractivity contribution < 1.29 is 19.4 Å². The first-order valence-corrected chi connectivity index (χ1v) is 12.4. The molecule has 0 aliphatic carbocycles. The Morgan fingerprint density at radius 3 is 2.68 bits per heavy atom. The van der Waals surface area contributed by atoms with Gasteiger partial charge in [0.2, 0.25) is 5.95 Å². The molecule has 0 atom stereocenters. The number of ether oxygens (including phenoxy) is 1. The standard InChI is InChI=1S/C16H15ClN4O3.C9H13NO.C2H6/c17-13-8-19-16(18-3-5-22)20-14(13)10-1-2-11-9-21(4-6-23)15(24)12(11)7-10;1-10-7-8-4-3-5-9(6-8)11-2;1-2/h1-2,6-8,22H,3-5,9H2,(H,18,19,20);3-6,10H,7H2,1-2H3;1-2H3. The summed E-state index contributed by atoms with van der Waals surface area (Å²) in [4.78, 5) is 32.9. The van der Waals surface area contributed by atoms with Crippen molar-refractivity contribution in [3.8, 4) is 17.0 Å². The van der Waals surface area contributed by atoms with Crippen LogP contribution in [-0.2, 0) is 17.9 Å². The molecule has 2 heterocycles. The zero-order valence-electron chi connectivity index (χ0n) is 21.6. The summed E-state index contributed by atoms with van der Waals surface area (Å²) in [6.45, 7) is 5.67. The summed E-state index contributed by atoms with van der Waals surface area (Å²) in [6, 6.07) is 13.4. The lowest BCUT2D eigenvalue weighted by atomic mass is 10.0. The Bertz CT molecular complexity index is 1180. The molecule has 3 N–H and O–H groups in total. The van der Waals surface area contributed by atoms with Gasteiger partial charge in [0.05, 0.1) is 37.2 Å². The number of carbonyl (C=O) groups is 2. The lowest BCUT2D eigenvalue weighted by Gasteiger charge is -2.10. The largest absolute Gasteiger partial charge is 0.497 e. The Kier molecular flexibility index (Phi) is 12.5. The number of aliphatic hydroxyl groups is 1. The van der Waals surface area contributed by atoms with E-state index in [2.05, 4.69) is 26.7 Å². The van der Waals surface area contributed by atoms with E-state index in [0.29, 0.717) is 47.2 Å². The zero-order chi connectivity index (χ0) is 27.2. The molecule has 9 nitrogen and oxygen atoms in total. The molecule has 0 saturated carbocycles. The number of hydrogen-bond donors (Lipinski definition) is 3. The molecular weight excluding hydrogens is 494 g/mol. The molecule has 2 aromatic carbocycles. The van der Waals surface area contributed by atoms with Crippen LogP contribution in [0.25, 0.3) is 11.3 Å². The number of nitrogens with one attached hydrogen (secondary N) is 2. The Morgan fingerprint density at radius 2 is 2.00 bits per heavy atom. The number of fused-ring (bicyclic) bond motifs is 1. The van der Waals surface area contributed by atoms with Crippen LogP contribution in [0, 0.1) is 0 Å². The number of benzene rings is 2. The first kappa shape index (κ1) is 29.7. The third kappa shape index (κ3) is 8.24. The van der Waals surface area contributed by atoms with Crippen LogP contribution >= 0.6 is 11.6 Å². The second kappa shape index (κ2) is 15.6. The van der Waals surface area contributed by atoms with Crippen molar-refractivity contribution in [2.45, 2.75) is 26.9 Å². The van der Waals surface area contributed by atoms with Crippen LogP contribution in [0.2, 0.25) is 5.02 Å². The van der Waals surface area contributed by atoms with E-state index in [1.807, 2.05) is 51.2 Å². The minimum Gasteiger partial charge on any atom is -0.497 e. The Morgan fingerprint density at radius 1 is 1.22 bits per heavy atom. The Balaban J connectivity index is 0.000000311. The van der Waals surface area contributed by atoms with E-state index < -0.39 is 0 Å². The van der Waals surface area contributed by atoms with Crippen LogP contribution in [0.1, 0.15) is 35.3 Å². The first-order chi connectivity index (χ1) is 18.0. The van der Waals surface area contributed by atoms with Gasteiger partial charge in [0.15, 0.2) is 0 Å². The van der Waals surface area contributed by atoms with Crippen LogP contribution < -0.4 is 15.4 Å². The molecule has 0 saturated heterocycles. The lowest BCUT2D eigenvalue weighted by Crippen LogP contribution is -2.25. The molecule has 37 heavy (non-hydrogen) atoms. The summed E-state index contributed by atoms with van der Waals surface area (Å²) >= 11 is 6.19. The van der Waals surface area contributed by atoms with Crippen LogP contribution in [0.3, 0.4) is 0 Å². The summed E-state index contributed by atoms with van der Waals surface area (Å²) in [7, 11) is 3.61. The molecule has 1 aliphatic heterocycles. The normalized spacial score (nSPS) is 11.5. The molecule has 0 spiro atoms. The molecule has 4 rings (SSSR count). The van der Waals surface area contributed by atoms with Crippen molar-refractivity contribution in [1.82, 2.24) is 20.2 Å². The van der Waals surface area contributed by atoms with Gasteiger partial charge in [-0.25, -0.2) is 9.97 Å². The Labute approximate surface area is 222 Å². The van der Waals surface area contributed by atoms with Gasteiger partial charge in [-0.1, -0.05) is 49.7 Å². The highest BCUT2D eigenvalue weighted by atomic mass is 35.5. The van der Waals surface area contributed by atoms with E-state index in [9.17, 15) is 9.59 Å². The minimum atomic E-state index is -0.178. The van der Waals surface area contributed by atoms with Crippen molar-refractivity contribution >= 4 is 29.7 Å². The number of aliphatic hydroxyl groups excluding tert-OH is 1. The van der Waals surface area contributed by atoms with E-state index >= 15 is 0 Å². The van der Waals surface area contributed by atoms with Gasteiger partial charge >= 0.3 is 0 Å². The number of methoxy groups -OCH3 is 1. The van der Waals surface area contributed by atoms with Gasteiger partial charge in [0, 0.05) is 30.8 Å². The van der Waals surface area contributed by atoms with Gasteiger partial charge in [-0.2, -0.15) is 0 Å². The van der Waals surface area contributed by atoms with E-state index in [0.717, 1.165) is 17.9 Å². The van der Waals surface area contributed by atoms with Crippen molar-refractivity contribution in [2.75, 3.05) is 39.2 Å². The summed E-state index contributed by atoms with van der Waals surface area (Å²) in [6.07, 6.45) is 2.18. The van der Waals surface area contributed by atoms with E-state index in [-0.39, 0.29) is 19.1 Å². The van der Waals surface area contributed by atoms with Crippen LogP contribution in [0.5, 0.6) is 5.75 Å². The predicted molar refractivity (Wildman–Crippen MR) is 146 cm³/mol.